The Morgan fingerprint density at radius 3 is 2.50 bits per heavy atom. The number of likely N-dealkylation sites (tertiary alicyclic amines) is 1. The van der Waals surface area contributed by atoms with Gasteiger partial charge < -0.3 is 15.4 Å². The van der Waals surface area contributed by atoms with Crippen molar-refractivity contribution in [1.82, 2.24) is 4.90 Å². The van der Waals surface area contributed by atoms with Gasteiger partial charge in [-0.3, -0.25) is 0 Å². The Labute approximate surface area is 87.6 Å². The lowest BCUT2D eigenvalue weighted by molar-refractivity contribution is -0.0778. The topological polar surface area (TPSA) is 38.5 Å². The number of nitrogens with two attached hydrogens (primary N) is 1. The molecule has 2 N–H and O–H groups in total. The fourth-order valence-electron chi connectivity index (χ4n) is 1.65. The maximum absolute atomic E-state index is 5.96. The van der Waals surface area contributed by atoms with Crippen molar-refractivity contribution >= 4 is 0 Å². The van der Waals surface area contributed by atoms with Crippen LogP contribution in [0.5, 0.6) is 0 Å². The molecular formula is C11H24N2O. The van der Waals surface area contributed by atoms with E-state index in [-0.39, 0.29) is 5.60 Å². The van der Waals surface area contributed by atoms with Crippen LogP contribution < -0.4 is 5.73 Å². The first-order valence-electron chi connectivity index (χ1n) is 5.58. The lowest BCUT2D eigenvalue weighted by atomic mass is 9.93. The maximum Gasteiger partial charge on any atom is 0.0679 e. The zero-order valence-corrected chi connectivity index (χ0v) is 9.75. The monoisotopic (exact) mass is 200 g/mol. The van der Waals surface area contributed by atoms with Gasteiger partial charge in [-0.25, -0.2) is 0 Å². The van der Waals surface area contributed by atoms with Crippen molar-refractivity contribution in [3.05, 3.63) is 0 Å². The first-order chi connectivity index (χ1) is 6.56. The Morgan fingerprint density at radius 2 is 2.00 bits per heavy atom. The summed E-state index contributed by atoms with van der Waals surface area (Å²) in [5.74, 6) is 0.478. The van der Waals surface area contributed by atoms with Crippen LogP contribution in [0.3, 0.4) is 0 Å². The maximum atomic E-state index is 5.96. The molecule has 1 heterocycles. The zero-order chi connectivity index (χ0) is 10.6. The highest BCUT2D eigenvalue weighted by Gasteiger charge is 2.29. The van der Waals surface area contributed by atoms with Crippen molar-refractivity contribution in [1.29, 1.82) is 0 Å². The molecule has 0 aromatic carbocycles. The van der Waals surface area contributed by atoms with E-state index in [9.17, 15) is 0 Å². The minimum Gasteiger partial charge on any atom is -0.375 e. The Hall–Kier alpha value is -0.120. The van der Waals surface area contributed by atoms with Crippen LogP contribution >= 0.6 is 0 Å². The van der Waals surface area contributed by atoms with E-state index in [0.717, 1.165) is 39.1 Å². The molecule has 3 nitrogen and oxygen atoms in total. The minimum absolute atomic E-state index is 0.0932. The third kappa shape index (κ3) is 3.56. The van der Waals surface area contributed by atoms with Crippen LogP contribution in [-0.2, 0) is 4.74 Å². The smallest absolute Gasteiger partial charge is 0.0679 e. The number of ether oxygens (including phenoxy) is 1. The minimum atomic E-state index is 0.0932. The fraction of sp³-hybridized carbons (Fsp3) is 1.00. The van der Waals surface area contributed by atoms with Gasteiger partial charge in [0.25, 0.3) is 0 Å². The molecule has 84 valence electrons. The molecule has 1 saturated heterocycles. The number of piperidine rings is 1. The summed E-state index contributed by atoms with van der Waals surface area (Å²) in [5.41, 5.74) is 5.66. The van der Waals surface area contributed by atoms with E-state index in [1.54, 1.807) is 0 Å². The van der Waals surface area contributed by atoms with Gasteiger partial charge in [0.05, 0.1) is 12.2 Å². The van der Waals surface area contributed by atoms with Gasteiger partial charge in [-0.15, -0.1) is 0 Å². The van der Waals surface area contributed by atoms with E-state index >= 15 is 0 Å². The van der Waals surface area contributed by atoms with E-state index in [1.807, 2.05) is 0 Å². The molecule has 1 fully saturated rings. The molecule has 1 aliphatic heterocycles. The first kappa shape index (κ1) is 12.0. The van der Waals surface area contributed by atoms with E-state index in [1.165, 1.54) is 0 Å². The van der Waals surface area contributed by atoms with Crippen molar-refractivity contribution in [2.45, 2.75) is 32.3 Å². The van der Waals surface area contributed by atoms with Crippen molar-refractivity contribution in [3.8, 4) is 0 Å². The molecule has 0 aliphatic carbocycles. The average molecular weight is 200 g/mol. The van der Waals surface area contributed by atoms with Crippen molar-refractivity contribution in [2.75, 3.05) is 33.3 Å². The van der Waals surface area contributed by atoms with Crippen molar-refractivity contribution in [2.24, 2.45) is 11.7 Å². The second-order valence-corrected chi connectivity index (χ2v) is 4.91. The molecule has 1 rings (SSSR count). The Balaban J connectivity index is 2.28. The summed E-state index contributed by atoms with van der Waals surface area (Å²) in [5, 5.41) is 0. The molecule has 3 heteroatoms. The summed E-state index contributed by atoms with van der Waals surface area (Å²) in [6.45, 7) is 8.18. The van der Waals surface area contributed by atoms with Crippen LogP contribution in [0.25, 0.3) is 0 Å². The zero-order valence-electron chi connectivity index (χ0n) is 9.75. The largest absolute Gasteiger partial charge is 0.375 e. The Kier molecular flexibility index (Phi) is 4.35. The molecule has 0 aromatic rings. The first-order valence-corrected chi connectivity index (χ1v) is 5.58. The van der Waals surface area contributed by atoms with Crippen LogP contribution in [0.4, 0.5) is 0 Å². The Morgan fingerprint density at radius 1 is 1.43 bits per heavy atom. The molecule has 0 aromatic heterocycles. The summed E-state index contributed by atoms with van der Waals surface area (Å²) in [7, 11) is 2.17. The van der Waals surface area contributed by atoms with Crippen LogP contribution in [0.2, 0.25) is 0 Å². The highest BCUT2D eigenvalue weighted by atomic mass is 16.5. The predicted molar refractivity (Wildman–Crippen MR) is 59.3 cm³/mol. The lowest BCUT2D eigenvalue weighted by Gasteiger charge is -2.38. The molecule has 0 spiro atoms. The molecule has 1 atom stereocenters. The van der Waals surface area contributed by atoms with Gasteiger partial charge in [-0.2, -0.15) is 0 Å². The standard InChI is InChI=1S/C11H24N2O/c1-10(8-12)9-14-11(2)4-6-13(3)7-5-11/h10H,4-9,12H2,1-3H3. The van der Waals surface area contributed by atoms with E-state index in [2.05, 4.69) is 25.8 Å². The highest BCUT2D eigenvalue weighted by molar-refractivity contribution is 4.82. The molecule has 0 bridgehead atoms. The molecule has 0 radical (unpaired) electrons. The third-order valence-corrected chi connectivity index (χ3v) is 3.16. The van der Waals surface area contributed by atoms with E-state index in [4.69, 9.17) is 10.5 Å². The van der Waals surface area contributed by atoms with Gasteiger partial charge in [-0.05, 0) is 39.3 Å². The summed E-state index contributed by atoms with van der Waals surface area (Å²) in [4.78, 5) is 2.36. The second kappa shape index (κ2) is 5.10. The van der Waals surface area contributed by atoms with Gasteiger partial charge in [0.15, 0.2) is 0 Å². The molecule has 1 aliphatic rings. The summed E-state index contributed by atoms with van der Waals surface area (Å²) < 4.78 is 5.96. The Bertz CT molecular complexity index is 165. The second-order valence-electron chi connectivity index (χ2n) is 4.91. The van der Waals surface area contributed by atoms with Crippen molar-refractivity contribution < 1.29 is 4.74 Å². The van der Waals surface area contributed by atoms with Crippen LogP contribution in [0.1, 0.15) is 26.7 Å². The van der Waals surface area contributed by atoms with Crippen molar-refractivity contribution in [3.63, 3.8) is 0 Å². The van der Waals surface area contributed by atoms with Crippen LogP contribution in [0.15, 0.2) is 0 Å². The summed E-state index contributed by atoms with van der Waals surface area (Å²) in [6.07, 6.45) is 2.28. The molecular weight excluding hydrogens is 176 g/mol. The SMILES string of the molecule is CC(CN)COC1(C)CCN(C)CC1. The number of hydrogen-bond donors (Lipinski definition) is 1. The molecule has 1 unspecified atom stereocenters. The van der Waals surface area contributed by atoms with Gasteiger partial charge in [0, 0.05) is 13.1 Å². The van der Waals surface area contributed by atoms with Gasteiger partial charge in [0.2, 0.25) is 0 Å². The average Bonchev–Trinajstić information content (AvgIpc) is 2.20. The van der Waals surface area contributed by atoms with Crippen LogP contribution in [-0.4, -0.2) is 43.8 Å². The van der Waals surface area contributed by atoms with Gasteiger partial charge >= 0.3 is 0 Å². The van der Waals surface area contributed by atoms with Gasteiger partial charge in [-0.1, -0.05) is 6.92 Å². The number of hydrogen-bond acceptors (Lipinski definition) is 3. The summed E-state index contributed by atoms with van der Waals surface area (Å²) in [6, 6.07) is 0. The highest BCUT2D eigenvalue weighted by Crippen LogP contribution is 2.25. The molecule has 14 heavy (non-hydrogen) atoms. The molecule has 0 amide bonds. The quantitative estimate of drug-likeness (QED) is 0.738. The van der Waals surface area contributed by atoms with E-state index < -0.39 is 0 Å². The van der Waals surface area contributed by atoms with Crippen LogP contribution in [0, 0.1) is 5.92 Å². The number of nitrogens with zero attached hydrogens (tertiary/aromatic N) is 1. The predicted octanol–water partition coefficient (Wildman–Crippen LogP) is 1.08. The lowest BCUT2D eigenvalue weighted by Crippen LogP contribution is -2.43. The third-order valence-electron chi connectivity index (χ3n) is 3.16. The normalized spacial score (nSPS) is 24.9. The molecule has 0 saturated carbocycles. The fourth-order valence-corrected chi connectivity index (χ4v) is 1.65. The number of rotatable bonds is 4. The van der Waals surface area contributed by atoms with E-state index in [0.29, 0.717) is 5.92 Å². The summed E-state index contributed by atoms with van der Waals surface area (Å²) >= 11 is 0. The van der Waals surface area contributed by atoms with Gasteiger partial charge in [0.1, 0.15) is 0 Å².